The number of methoxy groups -OCH3 is 1. The van der Waals surface area contributed by atoms with Gasteiger partial charge in [-0.1, -0.05) is 0 Å². The van der Waals surface area contributed by atoms with Crippen molar-refractivity contribution in [3.05, 3.63) is 12.1 Å². The van der Waals surface area contributed by atoms with E-state index < -0.39 is 0 Å². The Morgan fingerprint density at radius 3 is 3.19 bits per heavy atom. The second kappa shape index (κ2) is 5.36. The van der Waals surface area contributed by atoms with E-state index in [1.54, 1.807) is 7.11 Å². The molecule has 7 nitrogen and oxygen atoms in total. The Labute approximate surface area is 92.8 Å². The van der Waals surface area contributed by atoms with E-state index in [0.29, 0.717) is 5.65 Å². The van der Waals surface area contributed by atoms with Crippen molar-refractivity contribution in [1.82, 2.24) is 25.3 Å². The number of anilines is 1. The fourth-order valence-corrected chi connectivity index (χ4v) is 1.33. The third-order valence-electron chi connectivity index (χ3n) is 2.15. The quantitative estimate of drug-likeness (QED) is 0.711. The lowest BCUT2D eigenvalue weighted by atomic mass is 10.3. The molecule has 0 aliphatic heterocycles. The highest BCUT2D eigenvalue weighted by atomic mass is 16.5. The van der Waals surface area contributed by atoms with Crippen LogP contribution < -0.4 is 5.32 Å². The average Bonchev–Trinajstić information content (AvgIpc) is 2.76. The number of unbranched alkanes of at least 4 members (excludes halogenated alkanes) is 1. The third kappa shape index (κ3) is 2.63. The minimum Gasteiger partial charge on any atom is -0.385 e. The molecule has 86 valence electrons. The fraction of sp³-hybridized carbons (Fsp3) is 0.556. The number of hydrogen-bond donors (Lipinski definition) is 1. The van der Waals surface area contributed by atoms with E-state index in [0.717, 1.165) is 31.8 Å². The summed E-state index contributed by atoms with van der Waals surface area (Å²) in [6.45, 7) is 1.66. The first-order valence-corrected chi connectivity index (χ1v) is 5.18. The number of nitrogens with one attached hydrogen (secondary N) is 1. The van der Waals surface area contributed by atoms with Crippen LogP contribution >= 0.6 is 0 Å². The smallest absolute Gasteiger partial charge is 0.200 e. The van der Waals surface area contributed by atoms with Crippen molar-refractivity contribution >= 4 is 11.5 Å². The van der Waals surface area contributed by atoms with Crippen LogP contribution in [-0.2, 0) is 4.74 Å². The first-order chi connectivity index (χ1) is 7.90. The zero-order valence-electron chi connectivity index (χ0n) is 9.13. The molecule has 0 aliphatic rings. The van der Waals surface area contributed by atoms with Crippen molar-refractivity contribution in [1.29, 1.82) is 0 Å². The Bertz CT molecular complexity index is 442. The van der Waals surface area contributed by atoms with Gasteiger partial charge >= 0.3 is 0 Å². The fourth-order valence-electron chi connectivity index (χ4n) is 1.33. The van der Waals surface area contributed by atoms with Crippen molar-refractivity contribution < 1.29 is 4.74 Å². The van der Waals surface area contributed by atoms with Gasteiger partial charge in [0, 0.05) is 20.3 Å². The molecule has 0 unspecified atom stereocenters. The highest BCUT2D eigenvalue weighted by molar-refractivity contribution is 5.41. The second-order valence-electron chi connectivity index (χ2n) is 3.37. The highest BCUT2D eigenvalue weighted by Gasteiger charge is 1.99. The lowest BCUT2D eigenvalue weighted by Crippen LogP contribution is -2.07. The van der Waals surface area contributed by atoms with Crippen molar-refractivity contribution in [2.24, 2.45) is 0 Å². The van der Waals surface area contributed by atoms with Gasteiger partial charge in [-0.05, 0) is 35.4 Å². The Morgan fingerprint density at radius 1 is 1.38 bits per heavy atom. The molecule has 0 radical (unpaired) electrons. The minimum absolute atomic E-state index is 0.643. The Hall–Kier alpha value is -1.76. The number of aromatic nitrogens is 5. The number of rotatable bonds is 6. The molecule has 0 amide bonds. The summed E-state index contributed by atoms with van der Waals surface area (Å²) in [5.74, 6) is 0.775. The van der Waals surface area contributed by atoms with Gasteiger partial charge in [0.05, 0.1) is 0 Å². The molecule has 16 heavy (non-hydrogen) atoms. The Kier molecular flexibility index (Phi) is 3.60. The van der Waals surface area contributed by atoms with Crippen LogP contribution in [0.1, 0.15) is 12.8 Å². The van der Waals surface area contributed by atoms with Crippen molar-refractivity contribution in [2.45, 2.75) is 12.8 Å². The van der Waals surface area contributed by atoms with Crippen LogP contribution in [0.25, 0.3) is 5.65 Å². The molecular formula is C9H14N6O. The summed E-state index contributed by atoms with van der Waals surface area (Å²) in [6, 6.07) is 3.69. The van der Waals surface area contributed by atoms with Gasteiger partial charge in [0.2, 0.25) is 0 Å². The van der Waals surface area contributed by atoms with Crippen LogP contribution in [0.5, 0.6) is 0 Å². The van der Waals surface area contributed by atoms with Crippen molar-refractivity contribution in [3.8, 4) is 0 Å². The number of fused-ring (bicyclic) bond motifs is 1. The van der Waals surface area contributed by atoms with Crippen molar-refractivity contribution in [3.63, 3.8) is 0 Å². The summed E-state index contributed by atoms with van der Waals surface area (Å²) in [4.78, 5) is 0. The highest BCUT2D eigenvalue weighted by Crippen LogP contribution is 2.03. The van der Waals surface area contributed by atoms with Gasteiger partial charge in [-0.15, -0.1) is 14.8 Å². The van der Waals surface area contributed by atoms with Gasteiger partial charge in [-0.25, -0.2) is 0 Å². The number of hydrogen-bond acceptors (Lipinski definition) is 6. The van der Waals surface area contributed by atoms with E-state index in [9.17, 15) is 0 Å². The van der Waals surface area contributed by atoms with Crippen LogP contribution in [0.15, 0.2) is 12.1 Å². The predicted octanol–water partition coefficient (Wildman–Crippen LogP) is 0.358. The number of ether oxygens (including phenoxy) is 1. The van der Waals surface area contributed by atoms with Gasteiger partial charge in [0.15, 0.2) is 5.65 Å². The molecule has 7 heteroatoms. The maximum Gasteiger partial charge on any atom is 0.200 e. The maximum atomic E-state index is 4.97. The standard InChI is InChI=1S/C9H14N6O/c1-16-7-3-2-6-10-8-4-5-9-11-13-14-15(9)12-8/h4-5H,2-3,6-7H2,1H3,(H,10,12). The number of nitrogens with zero attached hydrogens (tertiary/aromatic N) is 5. The predicted molar refractivity (Wildman–Crippen MR) is 58.2 cm³/mol. The molecule has 0 saturated carbocycles. The van der Waals surface area contributed by atoms with Crippen molar-refractivity contribution in [2.75, 3.05) is 25.6 Å². The Balaban J connectivity index is 1.84. The van der Waals surface area contributed by atoms with Gasteiger partial charge in [-0.2, -0.15) is 0 Å². The van der Waals surface area contributed by atoms with Gasteiger partial charge < -0.3 is 10.1 Å². The van der Waals surface area contributed by atoms with Gasteiger partial charge in [0.25, 0.3) is 0 Å². The SMILES string of the molecule is COCCCCNc1ccc2nnnn2n1. The molecule has 2 rings (SSSR count). The maximum absolute atomic E-state index is 4.97. The lowest BCUT2D eigenvalue weighted by Gasteiger charge is -2.04. The van der Waals surface area contributed by atoms with E-state index in [1.807, 2.05) is 12.1 Å². The molecule has 0 spiro atoms. The molecule has 2 aromatic heterocycles. The molecule has 2 heterocycles. The summed E-state index contributed by atoms with van der Waals surface area (Å²) in [5, 5.41) is 18.4. The molecule has 2 aromatic rings. The average molecular weight is 222 g/mol. The minimum atomic E-state index is 0.643. The second-order valence-corrected chi connectivity index (χ2v) is 3.37. The summed E-state index contributed by atoms with van der Waals surface area (Å²) >= 11 is 0. The molecule has 1 N–H and O–H groups in total. The summed E-state index contributed by atoms with van der Waals surface area (Å²) in [6.07, 6.45) is 2.08. The molecule has 0 aromatic carbocycles. The Morgan fingerprint density at radius 2 is 2.31 bits per heavy atom. The summed E-state index contributed by atoms with van der Waals surface area (Å²) in [7, 11) is 1.71. The zero-order valence-corrected chi connectivity index (χ0v) is 9.13. The summed E-state index contributed by atoms with van der Waals surface area (Å²) < 4.78 is 6.37. The summed E-state index contributed by atoms with van der Waals surface area (Å²) in [5.41, 5.74) is 0.643. The molecule has 0 atom stereocenters. The monoisotopic (exact) mass is 222 g/mol. The molecule has 0 fully saturated rings. The van der Waals surface area contributed by atoms with Crippen LogP contribution in [0, 0.1) is 0 Å². The molecule has 0 saturated heterocycles. The lowest BCUT2D eigenvalue weighted by molar-refractivity contribution is 0.194. The van der Waals surface area contributed by atoms with E-state index in [2.05, 4.69) is 25.9 Å². The van der Waals surface area contributed by atoms with Gasteiger partial charge in [0.1, 0.15) is 5.82 Å². The van der Waals surface area contributed by atoms with E-state index >= 15 is 0 Å². The van der Waals surface area contributed by atoms with E-state index in [-0.39, 0.29) is 0 Å². The first kappa shape index (κ1) is 10.7. The topological polar surface area (TPSA) is 77.2 Å². The first-order valence-electron chi connectivity index (χ1n) is 5.18. The molecular weight excluding hydrogens is 208 g/mol. The molecule has 0 aliphatic carbocycles. The van der Waals surface area contributed by atoms with Crippen LogP contribution in [0.3, 0.4) is 0 Å². The normalized spacial score (nSPS) is 10.8. The molecule has 0 bridgehead atoms. The van der Waals surface area contributed by atoms with Crippen LogP contribution in [-0.4, -0.2) is 45.5 Å². The van der Waals surface area contributed by atoms with Gasteiger partial charge in [-0.3, -0.25) is 0 Å². The van der Waals surface area contributed by atoms with E-state index in [4.69, 9.17) is 4.74 Å². The van der Waals surface area contributed by atoms with E-state index in [1.165, 1.54) is 4.63 Å². The largest absolute Gasteiger partial charge is 0.385 e. The van der Waals surface area contributed by atoms with Crippen LogP contribution in [0.4, 0.5) is 5.82 Å². The number of tetrazole rings is 1. The zero-order chi connectivity index (χ0) is 11.2. The third-order valence-corrected chi connectivity index (χ3v) is 2.15. The van der Waals surface area contributed by atoms with Crippen LogP contribution in [0.2, 0.25) is 0 Å².